The van der Waals surface area contributed by atoms with E-state index < -0.39 is 16.1 Å². The Morgan fingerprint density at radius 1 is 0.913 bits per heavy atom. The molecule has 4 fully saturated rings. The quantitative estimate of drug-likeness (QED) is 0.274. The molecule has 8 heteroatoms. The van der Waals surface area contributed by atoms with Crippen LogP contribution in [-0.4, -0.2) is 43.5 Å². The molecule has 0 spiro atoms. The smallest absolute Gasteiger partial charge is 0.421 e. The van der Waals surface area contributed by atoms with Crippen molar-refractivity contribution in [2.75, 3.05) is 6.61 Å². The van der Waals surface area contributed by atoms with Gasteiger partial charge >= 0.3 is 6.09 Å². The number of benzene rings is 2. The van der Waals surface area contributed by atoms with Gasteiger partial charge < -0.3 is 14.9 Å². The fraction of sp³-hybridized carbons (Fsp3) is 0.658. The highest BCUT2D eigenvalue weighted by Gasteiger charge is 2.64. The molecule has 4 aliphatic rings. The van der Waals surface area contributed by atoms with Crippen molar-refractivity contribution in [3.8, 4) is 11.1 Å². The fourth-order valence-corrected chi connectivity index (χ4v) is 12.0. The van der Waals surface area contributed by atoms with Crippen molar-refractivity contribution in [3.63, 3.8) is 0 Å². The van der Waals surface area contributed by atoms with Crippen LogP contribution >= 0.6 is 0 Å². The van der Waals surface area contributed by atoms with Crippen molar-refractivity contribution in [1.29, 1.82) is 0 Å². The number of fused-ring (bicyclic) bond motifs is 5. The van der Waals surface area contributed by atoms with Gasteiger partial charge in [-0.25, -0.2) is 17.9 Å². The minimum Gasteiger partial charge on any atom is -0.449 e. The molecule has 1 amide bonds. The molecule has 0 heterocycles. The maximum absolute atomic E-state index is 12.9. The molecule has 252 valence electrons. The van der Waals surface area contributed by atoms with Crippen LogP contribution in [-0.2, 0) is 14.8 Å². The molecule has 0 bridgehead atoms. The van der Waals surface area contributed by atoms with Crippen LogP contribution < -0.4 is 4.72 Å². The van der Waals surface area contributed by atoms with Gasteiger partial charge in [-0.3, -0.25) is 0 Å². The Kier molecular flexibility index (Phi) is 9.38. The van der Waals surface area contributed by atoms with Crippen molar-refractivity contribution in [2.45, 2.75) is 103 Å². The average molecular weight is 652 g/mol. The van der Waals surface area contributed by atoms with Crippen LogP contribution in [0.25, 0.3) is 11.1 Å². The van der Waals surface area contributed by atoms with Crippen molar-refractivity contribution < 1.29 is 28.2 Å². The van der Waals surface area contributed by atoms with Crippen LogP contribution in [0.4, 0.5) is 4.79 Å². The zero-order valence-electron chi connectivity index (χ0n) is 27.9. The summed E-state index contributed by atoms with van der Waals surface area (Å²) in [5.74, 6) is 2.66. The van der Waals surface area contributed by atoms with Gasteiger partial charge in [-0.05, 0) is 127 Å². The summed E-state index contributed by atoms with van der Waals surface area (Å²) in [5.41, 5.74) is 2.17. The molecule has 7 nitrogen and oxygen atoms in total. The number of hydrogen-bond donors (Lipinski definition) is 3. The summed E-state index contributed by atoms with van der Waals surface area (Å²) in [6.45, 7) is 9.51. The number of carbonyl (C=O) groups excluding carboxylic acids is 1. The molecule has 0 aliphatic heterocycles. The van der Waals surface area contributed by atoms with Crippen LogP contribution in [0.1, 0.15) is 85.5 Å². The number of ether oxygens (including phenoxy) is 1. The van der Waals surface area contributed by atoms with Crippen molar-refractivity contribution in [2.24, 2.45) is 52.3 Å². The van der Waals surface area contributed by atoms with Crippen LogP contribution in [0.2, 0.25) is 0 Å². The summed E-state index contributed by atoms with van der Waals surface area (Å²) < 4.78 is 33.2. The minimum atomic E-state index is -4.05. The van der Waals surface area contributed by atoms with Gasteiger partial charge in [-0.15, -0.1) is 0 Å². The number of amides is 1. The Hall–Kier alpha value is -2.42. The standard InChI is InChI=1S/C38H53NO6S/c1-5-29-33-23-27(40)17-20-38(33,4)32-18-21-37(3)30(15-16-31(37)34(32)35(29)41)24(2)19-22-45-36(42)39-46(43,44)28-13-11-26(12-14-28)25-9-7-6-8-10-25/h6-14,24,27,29-35,40-41H,5,15-23H2,1-4H3,(H,39,42)/t24-,27-,29-,30-,31+,32+,33+,34+,35-,37-,38-/m1/s1. The van der Waals surface area contributed by atoms with E-state index in [-0.39, 0.29) is 40.5 Å². The highest BCUT2D eigenvalue weighted by Crippen LogP contribution is 2.69. The molecule has 2 aromatic rings. The number of nitrogens with one attached hydrogen (secondary N) is 1. The van der Waals surface area contributed by atoms with Gasteiger partial charge in [0, 0.05) is 0 Å². The topological polar surface area (TPSA) is 113 Å². The third-order valence-electron chi connectivity index (χ3n) is 13.4. The molecule has 0 saturated heterocycles. The lowest BCUT2D eigenvalue weighted by Gasteiger charge is -2.64. The molecule has 46 heavy (non-hydrogen) atoms. The predicted octanol–water partition coefficient (Wildman–Crippen LogP) is 7.42. The molecule has 4 aliphatic carbocycles. The number of aliphatic hydroxyl groups is 2. The van der Waals surface area contributed by atoms with Gasteiger partial charge in [0.2, 0.25) is 0 Å². The second-order valence-electron chi connectivity index (χ2n) is 15.5. The highest BCUT2D eigenvalue weighted by atomic mass is 32.2. The van der Waals surface area contributed by atoms with E-state index in [9.17, 15) is 23.4 Å². The normalized spacial score (nSPS) is 37.8. The lowest BCUT2D eigenvalue weighted by molar-refractivity contribution is -0.203. The molecule has 3 N–H and O–H groups in total. The van der Waals surface area contributed by atoms with Crippen LogP contribution in [0, 0.1) is 52.3 Å². The summed E-state index contributed by atoms with van der Waals surface area (Å²) in [5, 5.41) is 22.5. The van der Waals surface area contributed by atoms with E-state index in [0.29, 0.717) is 41.9 Å². The Bertz CT molecular complexity index is 1480. The maximum Gasteiger partial charge on any atom is 0.421 e. The van der Waals surface area contributed by atoms with E-state index in [1.54, 1.807) is 12.1 Å². The number of hydrogen-bond acceptors (Lipinski definition) is 6. The first-order valence-corrected chi connectivity index (χ1v) is 19.1. The Morgan fingerprint density at radius 2 is 1.57 bits per heavy atom. The predicted molar refractivity (Wildman–Crippen MR) is 179 cm³/mol. The third-order valence-corrected chi connectivity index (χ3v) is 14.8. The molecule has 11 atom stereocenters. The van der Waals surface area contributed by atoms with Gasteiger partial charge in [0.15, 0.2) is 0 Å². The molecule has 0 aromatic heterocycles. The molecule has 0 radical (unpaired) electrons. The van der Waals surface area contributed by atoms with Crippen LogP contribution in [0.5, 0.6) is 0 Å². The second kappa shape index (κ2) is 12.9. The minimum absolute atomic E-state index is 0.0119. The number of aliphatic hydroxyl groups excluding tert-OH is 2. The lowest BCUT2D eigenvalue weighted by Crippen LogP contribution is -2.62. The first kappa shape index (κ1) is 33.5. The maximum atomic E-state index is 12.9. The van der Waals surface area contributed by atoms with E-state index in [1.165, 1.54) is 12.1 Å². The summed E-state index contributed by atoms with van der Waals surface area (Å²) in [6, 6.07) is 16.1. The van der Waals surface area contributed by atoms with Gasteiger partial charge in [0.1, 0.15) is 0 Å². The SMILES string of the molecule is CC[C@H]1[C@@H](O)[C@@H]2[C@H](CC[C@]3(C)[C@@H]([C@H](C)CCOC(=O)NS(=O)(=O)c4ccc(-c5ccccc5)cc4)CC[C@@H]23)[C@@]2(C)CC[C@@H](O)C[C@@H]12. The average Bonchev–Trinajstić information content (AvgIpc) is 3.39. The van der Waals surface area contributed by atoms with Crippen molar-refractivity contribution in [1.82, 2.24) is 4.72 Å². The van der Waals surface area contributed by atoms with E-state index >= 15 is 0 Å². The second-order valence-corrected chi connectivity index (χ2v) is 17.2. The molecule has 0 unspecified atom stereocenters. The van der Waals surface area contributed by atoms with Gasteiger partial charge in [0.25, 0.3) is 10.0 Å². The summed E-state index contributed by atoms with van der Waals surface area (Å²) in [6.07, 6.45) is 7.36. The number of carbonyl (C=O) groups is 1. The van der Waals surface area contributed by atoms with Gasteiger partial charge in [-0.2, -0.15) is 0 Å². The first-order chi connectivity index (χ1) is 21.9. The number of rotatable bonds is 8. The van der Waals surface area contributed by atoms with E-state index in [2.05, 4.69) is 32.4 Å². The van der Waals surface area contributed by atoms with Crippen LogP contribution in [0.3, 0.4) is 0 Å². The molecular weight excluding hydrogens is 598 g/mol. The molecular formula is C38H53NO6S. The Labute approximate surface area is 275 Å². The zero-order chi connectivity index (χ0) is 32.9. The lowest BCUT2D eigenvalue weighted by atomic mass is 9.41. The van der Waals surface area contributed by atoms with E-state index in [4.69, 9.17) is 4.74 Å². The molecule has 2 aromatic carbocycles. The molecule has 6 rings (SSSR count). The summed E-state index contributed by atoms with van der Waals surface area (Å²) in [4.78, 5) is 12.6. The van der Waals surface area contributed by atoms with Crippen molar-refractivity contribution in [3.05, 3.63) is 54.6 Å². The Morgan fingerprint density at radius 3 is 2.26 bits per heavy atom. The molecule has 4 saturated carbocycles. The van der Waals surface area contributed by atoms with Gasteiger partial charge in [-0.1, -0.05) is 76.6 Å². The largest absolute Gasteiger partial charge is 0.449 e. The van der Waals surface area contributed by atoms with Crippen LogP contribution in [0.15, 0.2) is 59.5 Å². The van der Waals surface area contributed by atoms with Crippen molar-refractivity contribution >= 4 is 16.1 Å². The summed E-state index contributed by atoms with van der Waals surface area (Å²) in [7, 11) is -4.05. The first-order valence-electron chi connectivity index (χ1n) is 17.6. The zero-order valence-corrected chi connectivity index (χ0v) is 28.7. The van der Waals surface area contributed by atoms with E-state index in [1.807, 2.05) is 30.3 Å². The number of sulfonamides is 1. The van der Waals surface area contributed by atoms with E-state index in [0.717, 1.165) is 62.5 Å². The van der Waals surface area contributed by atoms with Gasteiger partial charge in [0.05, 0.1) is 23.7 Å². The third kappa shape index (κ3) is 5.92. The summed E-state index contributed by atoms with van der Waals surface area (Å²) >= 11 is 0. The fourth-order valence-electron chi connectivity index (χ4n) is 11.1. The highest BCUT2D eigenvalue weighted by molar-refractivity contribution is 7.90. The monoisotopic (exact) mass is 651 g/mol. The Balaban J connectivity index is 1.05.